The molecule has 1 aromatic carbocycles. The van der Waals surface area contributed by atoms with Crippen LogP contribution < -0.4 is 5.32 Å². The Hall–Kier alpha value is -2.03. The molecule has 1 N–H and O–H groups in total. The Bertz CT molecular complexity index is 475. The van der Waals surface area contributed by atoms with E-state index in [0.29, 0.717) is 12.1 Å². The molecule has 0 heterocycles. The van der Waals surface area contributed by atoms with E-state index >= 15 is 0 Å². The van der Waals surface area contributed by atoms with Crippen LogP contribution in [0.1, 0.15) is 33.6 Å². The molecule has 0 aliphatic rings. The standard InChI is InChI=1S/C17H23NO2/c1-5-17(4,13-9-10-14(2)3)20-16(19)18-15-11-7-6-8-12-15/h5-8,10-12H,1,9,13H2,2-4H3,(H,18,19)/t17-/m0/s1. The van der Waals surface area contributed by atoms with Crippen LogP contribution in [0.3, 0.4) is 0 Å². The van der Waals surface area contributed by atoms with E-state index in [1.54, 1.807) is 6.08 Å². The van der Waals surface area contributed by atoms with Crippen molar-refractivity contribution in [1.82, 2.24) is 0 Å². The van der Waals surface area contributed by atoms with E-state index in [-0.39, 0.29) is 0 Å². The number of hydrogen-bond acceptors (Lipinski definition) is 2. The lowest BCUT2D eigenvalue weighted by atomic mass is 9.99. The van der Waals surface area contributed by atoms with Gasteiger partial charge in [0.2, 0.25) is 0 Å². The summed E-state index contributed by atoms with van der Waals surface area (Å²) in [5.74, 6) is 0. The number of amides is 1. The van der Waals surface area contributed by atoms with Gasteiger partial charge in [-0.3, -0.25) is 5.32 Å². The van der Waals surface area contributed by atoms with E-state index < -0.39 is 11.7 Å². The minimum Gasteiger partial charge on any atom is -0.439 e. The third-order valence-corrected chi connectivity index (χ3v) is 2.97. The fourth-order valence-corrected chi connectivity index (χ4v) is 1.72. The SMILES string of the molecule is C=C[C@@](C)(CCC=C(C)C)OC(=O)Nc1ccccc1. The average Bonchev–Trinajstić information content (AvgIpc) is 2.39. The molecule has 20 heavy (non-hydrogen) atoms. The Balaban J connectivity index is 2.56. The Kier molecular flexibility index (Phi) is 6.04. The molecule has 0 radical (unpaired) electrons. The molecular weight excluding hydrogens is 250 g/mol. The molecule has 0 fully saturated rings. The van der Waals surface area contributed by atoms with Crippen molar-refractivity contribution >= 4 is 11.8 Å². The van der Waals surface area contributed by atoms with Crippen LogP contribution >= 0.6 is 0 Å². The van der Waals surface area contributed by atoms with Crippen molar-refractivity contribution in [2.75, 3.05) is 5.32 Å². The molecule has 1 atom stereocenters. The fourth-order valence-electron chi connectivity index (χ4n) is 1.72. The predicted octanol–water partition coefficient (Wildman–Crippen LogP) is 4.93. The van der Waals surface area contributed by atoms with Gasteiger partial charge in [-0.05, 0) is 51.8 Å². The summed E-state index contributed by atoms with van der Waals surface area (Å²) in [7, 11) is 0. The summed E-state index contributed by atoms with van der Waals surface area (Å²) in [6.07, 6.45) is 4.90. The highest BCUT2D eigenvalue weighted by Gasteiger charge is 2.24. The van der Waals surface area contributed by atoms with E-state index in [0.717, 1.165) is 6.42 Å². The second-order valence-electron chi connectivity index (χ2n) is 5.22. The monoisotopic (exact) mass is 273 g/mol. The van der Waals surface area contributed by atoms with Crippen LogP contribution in [0.5, 0.6) is 0 Å². The first kappa shape index (κ1) is 16.0. The number of benzene rings is 1. The highest BCUT2D eigenvalue weighted by molar-refractivity contribution is 5.84. The second kappa shape index (κ2) is 7.53. The Morgan fingerprint density at radius 1 is 1.35 bits per heavy atom. The normalized spacial score (nSPS) is 12.9. The summed E-state index contributed by atoms with van der Waals surface area (Å²) in [6.45, 7) is 9.73. The molecule has 1 rings (SSSR count). The second-order valence-corrected chi connectivity index (χ2v) is 5.22. The van der Waals surface area contributed by atoms with Crippen LogP contribution in [-0.4, -0.2) is 11.7 Å². The molecule has 0 saturated carbocycles. The minimum atomic E-state index is -0.662. The highest BCUT2D eigenvalue weighted by atomic mass is 16.6. The molecular formula is C17H23NO2. The molecule has 3 nitrogen and oxygen atoms in total. The van der Waals surface area contributed by atoms with Gasteiger partial charge < -0.3 is 4.74 Å². The van der Waals surface area contributed by atoms with Crippen LogP contribution in [0, 0.1) is 0 Å². The molecule has 0 aliphatic heterocycles. The van der Waals surface area contributed by atoms with E-state index in [9.17, 15) is 4.79 Å². The lowest BCUT2D eigenvalue weighted by molar-refractivity contribution is 0.0654. The maximum atomic E-state index is 11.9. The van der Waals surface area contributed by atoms with Gasteiger partial charge in [-0.25, -0.2) is 4.79 Å². The van der Waals surface area contributed by atoms with Crippen molar-refractivity contribution in [3.63, 3.8) is 0 Å². The lowest BCUT2D eigenvalue weighted by Gasteiger charge is -2.25. The number of ether oxygens (including phenoxy) is 1. The number of para-hydroxylation sites is 1. The number of hydrogen-bond donors (Lipinski definition) is 1. The van der Waals surface area contributed by atoms with Gasteiger partial charge in [-0.2, -0.15) is 0 Å². The van der Waals surface area contributed by atoms with Gasteiger partial charge in [0.05, 0.1) is 0 Å². The van der Waals surface area contributed by atoms with Gasteiger partial charge in [-0.1, -0.05) is 36.4 Å². The minimum absolute atomic E-state index is 0.462. The zero-order chi connectivity index (χ0) is 15.0. The topological polar surface area (TPSA) is 38.3 Å². The van der Waals surface area contributed by atoms with Crippen molar-refractivity contribution in [3.8, 4) is 0 Å². The number of carbonyl (C=O) groups is 1. The summed E-state index contributed by atoms with van der Waals surface area (Å²) < 4.78 is 5.48. The zero-order valence-corrected chi connectivity index (χ0v) is 12.5. The Labute approximate surface area is 121 Å². The molecule has 1 aromatic rings. The quantitative estimate of drug-likeness (QED) is 0.746. The first-order valence-electron chi connectivity index (χ1n) is 6.77. The number of allylic oxidation sites excluding steroid dienone is 2. The number of carbonyl (C=O) groups excluding carboxylic acids is 1. The molecule has 1 amide bonds. The predicted molar refractivity (Wildman–Crippen MR) is 83.8 cm³/mol. The summed E-state index contributed by atoms with van der Waals surface area (Å²) in [6, 6.07) is 9.24. The number of anilines is 1. The van der Waals surface area contributed by atoms with Crippen molar-refractivity contribution in [3.05, 3.63) is 54.6 Å². The molecule has 0 unspecified atom stereocenters. The molecule has 0 aromatic heterocycles. The average molecular weight is 273 g/mol. The zero-order valence-electron chi connectivity index (χ0n) is 12.5. The lowest BCUT2D eigenvalue weighted by Crippen LogP contribution is -2.31. The van der Waals surface area contributed by atoms with Gasteiger partial charge in [-0.15, -0.1) is 0 Å². The van der Waals surface area contributed by atoms with Crippen molar-refractivity contribution in [2.24, 2.45) is 0 Å². The van der Waals surface area contributed by atoms with Crippen LogP contribution in [0.4, 0.5) is 10.5 Å². The van der Waals surface area contributed by atoms with Crippen LogP contribution in [0.25, 0.3) is 0 Å². The maximum Gasteiger partial charge on any atom is 0.412 e. The first-order valence-corrected chi connectivity index (χ1v) is 6.77. The van der Waals surface area contributed by atoms with Crippen LogP contribution in [0.15, 0.2) is 54.6 Å². The van der Waals surface area contributed by atoms with Gasteiger partial charge in [0.1, 0.15) is 5.60 Å². The van der Waals surface area contributed by atoms with E-state index in [1.165, 1.54) is 5.57 Å². The van der Waals surface area contributed by atoms with Gasteiger partial charge in [0, 0.05) is 5.69 Å². The van der Waals surface area contributed by atoms with Crippen LogP contribution in [0.2, 0.25) is 0 Å². The van der Waals surface area contributed by atoms with Gasteiger partial charge in [0.25, 0.3) is 0 Å². The Morgan fingerprint density at radius 3 is 2.55 bits per heavy atom. The van der Waals surface area contributed by atoms with E-state index in [1.807, 2.05) is 51.1 Å². The van der Waals surface area contributed by atoms with E-state index in [2.05, 4.69) is 18.0 Å². The third kappa shape index (κ3) is 5.74. The van der Waals surface area contributed by atoms with Gasteiger partial charge in [0.15, 0.2) is 0 Å². The summed E-state index contributed by atoms with van der Waals surface area (Å²) >= 11 is 0. The third-order valence-electron chi connectivity index (χ3n) is 2.97. The smallest absolute Gasteiger partial charge is 0.412 e. The molecule has 0 spiro atoms. The van der Waals surface area contributed by atoms with Crippen molar-refractivity contribution in [1.29, 1.82) is 0 Å². The number of nitrogens with one attached hydrogen (secondary N) is 1. The molecule has 0 bridgehead atoms. The maximum absolute atomic E-state index is 11.9. The summed E-state index contributed by atoms with van der Waals surface area (Å²) in [5.41, 5.74) is 1.31. The molecule has 0 saturated heterocycles. The summed E-state index contributed by atoms with van der Waals surface area (Å²) in [5, 5.41) is 2.71. The van der Waals surface area contributed by atoms with E-state index in [4.69, 9.17) is 4.74 Å². The van der Waals surface area contributed by atoms with Crippen LogP contribution in [-0.2, 0) is 4.74 Å². The number of rotatable bonds is 6. The summed E-state index contributed by atoms with van der Waals surface area (Å²) in [4.78, 5) is 11.9. The largest absolute Gasteiger partial charge is 0.439 e. The van der Waals surface area contributed by atoms with Crippen molar-refractivity contribution < 1.29 is 9.53 Å². The van der Waals surface area contributed by atoms with Crippen molar-refractivity contribution in [2.45, 2.75) is 39.2 Å². The molecule has 3 heteroatoms. The Morgan fingerprint density at radius 2 is 2.00 bits per heavy atom. The first-order chi connectivity index (χ1) is 9.45. The highest BCUT2D eigenvalue weighted by Crippen LogP contribution is 2.21. The molecule has 108 valence electrons. The molecule has 0 aliphatic carbocycles. The fraction of sp³-hybridized carbons (Fsp3) is 0.353. The van der Waals surface area contributed by atoms with Gasteiger partial charge >= 0.3 is 6.09 Å².